The van der Waals surface area contributed by atoms with E-state index in [2.05, 4.69) is 38.1 Å². The number of hydrogen-bond donors (Lipinski definition) is 1. The number of methoxy groups -OCH3 is 2. The molecule has 5 atom stereocenters. The van der Waals surface area contributed by atoms with Crippen LogP contribution in [0.2, 0.25) is 0 Å². The van der Waals surface area contributed by atoms with Gasteiger partial charge in [-0.3, -0.25) is 14.4 Å². The van der Waals surface area contributed by atoms with Crippen molar-refractivity contribution in [3.05, 3.63) is 35.9 Å². The van der Waals surface area contributed by atoms with Gasteiger partial charge in [0.05, 0.1) is 42.6 Å². The number of carboxylic acids is 1. The topological polar surface area (TPSA) is 137 Å². The quantitative estimate of drug-likeness (QED) is 0.175. The van der Waals surface area contributed by atoms with E-state index in [1.807, 2.05) is 59.7 Å². The molecule has 0 aliphatic heterocycles. The van der Waals surface area contributed by atoms with Crippen molar-refractivity contribution in [2.75, 3.05) is 14.2 Å². The van der Waals surface area contributed by atoms with E-state index in [9.17, 15) is 30.0 Å². The standard InChI is InChI=1S/C36H54N2O6/c1-12-36(9,34(7,25-38)20-18-28(39)40)35(8,30(42)44-11)23-31(2,3)27(26-16-14-13-15-17-26)22-32(4,5)33(6,24-37)21-19-29(41)43-10/h13-17,27H,12,18-23H2,1-11H3,(H,39,40). The Kier molecular flexibility index (Phi) is 12.8. The molecular formula is C36H54N2O6. The third-order valence-electron chi connectivity index (χ3n) is 11.3. The zero-order chi connectivity index (χ0) is 34.2. The highest BCUT2D eigenvalue weighted by Gasteiger charge is 2.61. The summed E-state index contributed by atoms with van der Waals surface area (Å²) in [4.78, 5) is 37.5. The lowest BCUT2D eigenvalue weighted by molar-refractivity contribution is -0.172. The third-order valence-corrected chi connectivity index (χ3v) is 11.3. The smallest absolute Gasteiger partial charge is 0.312 e. The first-order valence-corrected chi connectivity index (χ1v) is 15.4. The first-order chi connectivity index (χ1) is 20.2. The van der Waals surface area contributed by atoms with Gasteiger partial charge in [-0.25, -0.2) is 0 Å². The van der Waals surface area contributed by atoms with Gasteiger partial charge in [-0.1, -0.05) is 71.9 Å². The largest absolute Gasteiger partial charge is 0.481 e. The van der Waals surface area contributed by atoms with E-state index >= 15 is 0 Å². The SMILES string of the molecule is CCC(C)(C(C)(C#N)CCC(=O)O)C(C)(CC(C)(C)C(CC(C)(C)C(C)(C#N)CCC(=O)OC)c1ccccc1)C(=O)OC. The zero-order valence-corrected chi connectivity index (χ0v) is 28.8. The molecule has 8 nitrogen and oxygen atoms in total. The van der Waals surface area contributed by atoms with Crippen molar-refractivity contribution >= 4 is 17.9 Å². The van der Waals surface area contributed by atoms with E-state index in [4.69, 9.17) is 9.47 Å². The molecule has 0 heterocycles. The summed E-state index contributed by atoms with van der Waals surface area (Å²) < 4.78 is 10.3. The Morgan fingerprint density at radius 3 is 1.80 bits per heavy atom. The Bertz CT molecular complexity index is 1250. The van der Waals surface area contributed by atoms with Crippen molar-refractivity contribution in [2.24, 2.45) is 32.5 Å². The van der Waals surface area contributed by atoms with Gasteiger partial charge < -0.3 is 14.6 Å². The minimum absolute atomic E-state index is 0.0893. The van der Waals surface area contributed by atoms with Crippen molar-refractivity contribution in [2.45, 2.75) is 113 Å². The molecule has 0 saturated heterocycles. The van der Waals surface area contributed by atoms with Crippen LogP contribution in [0.15, 0.2) is 30.3 Å². The molecule has 0 spiro atoms. The summed E-state index contributed by atoms with van der Waals surface area (Å²) >= 11 is 0. The fourth-order valence-corrected chi connectivity index (χ4v) is 7.22. The Hall–Kier alpha value is -3.39. The van der Waals surface area contributed by atoms with E-state index in [1.54, 1.807) is 6.92 Å². The minimum Gasteiger partial charge on any atom is -0.481 e. The first-order valence-electron chi connectivity index (χ1n) is 15.4. The highest BCUT2D eigenvalue weighted by Crippen LogP contribution is 2.62. The molecule has 244 valence electrons. The Labute approximate surface area is 265 Å². The van der Waals surface area contributed by atoms with Crippen molar-refractivity contribution < 1.29 is 29.0 Å². The molecule has 0 radical (unpaired) electrons. The van der Waals surface area contributed by atoms with Gasteiger partial charge in [0.1, 0.15) is 0 Å². The highest BCUT2D eigenvalue weighted by molar-refractivity contribution is 5.78. The maximum atomic E-state index is 13.9. The predicted molar refractivity (Wildman–Crippen MR) is 170 cm³/mol. The maximum absolute atomic E-state index is 13.9. The number of carbonyl (C=O) groups is 3. The van der Waals surface area contributed by atoms with Crippen LogP contribution < -0.4 is 0 Å². The average molecular weight is 611 g/mol. The molecule has 44 heavy (non-hydrogen) atoms. The fraction of sp³-hybridized carbons (Fsp3) is 0.694. The van der Waals surface area contributed by atoms with Gasteiger partial charge in [0.2, 0.25) is 0 Å². The van der Waals surface area contributed by atoms with E-state index in [-0.39, 0.29) is 31.1 Å². The average Bonchev–Trinajstić information content (AvgIpc) is 2.99. The van der Waals surface area contributed by atoms with Gasteiger partial charge in [-0.15, -0.1) is 0 Å². The monoisotopic (exact) mass is 610 g/mol. The molecule has 1 N–H and O–H groups in total. The van der Waals surface area contributed by atoms with E-state index in [1.165, 1.54) is 14.2 Å². The number of benzene rings is 1. The van der Waals surface area contributed by atoms with Crippen molar-refractivity contribution in [3.8, 4) is 12.1 Å². The lowest BCUT2D eigenvalue weighted by Gasteiger charge is -2.55. The third kappa shape index (κ3) is 7.81. The number of ether oxygens (including phenoxy) is 2. The van der Waals surface area contributed by atoms with E-state index in [0.717, 1.165) is 5.56 Å². The molecule has 0 bridgehead atoms. The van der Waals surface area contributed by atoms with E-state index < -0.39 is 44.4 Å². The van der Waals surface area contributed by atoms with Crippen LogP contribution in [-0.2, 0) is 23.9 Å². The number of hydrogen-bond acceptors (Lipinski definition) is 7. The van der Waals surface area contributed by atoms with E-state index in [0.29, 0.717) is 25.7 Å². The van der Waals surface area contributed by atoms with Gasteiger partial charge >= 0.3 is 17.9 Å². The van der Waals surface area contributed by atoms with Crippen molar-refractivity contribution in [1.82, 2.24) is 0 Å². The number of aliphatic carboxylic acids is 1. The summed E-state index contributed by atoms with van der Waals surface area (Å²) in [5, 5.41) is 30.4. The predicted octanol–water partition coefficient (Wildman–Crippen LogP) is 8.08. The van der Waals surface area contributed by atoms with Gasteiger partial charge in [-0.2, -0.15) is 10.5 Å². The molecule has 1 aromatic rings. The Balaban J connectivity index is 3.84. The van der Waals surface area contributed by atoms with Crippen LogP contribution in [0.5, 0.6) is 0 Å². The van der Waals surface area contributed by atoms with Gasteiger partial charge in [0.15, 0.2) is 0 Å². The van der Waals surface area contributed by atoms with Crippen molar-refractivity contribution in [1.29, 1.82) is 10.5 Å². The second kappa shape index (κ2) is 14.6. The molecule has 8 heteroatoms. The molecule has 0 fully saturated rings. The summed E-state index contributed by atoms with van der Waals surface area (Å²) in [6.07, 6.45) is 1.71. The highest BCUT2D eigenvalue weighted by atomic mass is 16.5. The summed E-state index contributed by atoms with van der Waals surface area (Å²) in [6, 6.07) is 14.9. The van der Waals surface area contributed by atoms with Crippen LogP contribution in [0, 0.1) is 55.2 Å². The number of esters is 2. The number of nitrogens with zero attached hydrogens (tertiary/aromatic N) is 2. The Morgan fingerprint density at radius 1 is 0.841 bits per heavy atom. The molecule has 0 saturated carbocycles. The molecular weight excluding hydrogens is 556 g/mol. The molecule has 0 amide bonds. The van der Waals surface area contributed by atoms with Crippen LogP contribution >= 0.6 is 0 Å². The number of carboxylic acid groups (broad SMARTS) is 1. The molecule has 1 rings (SSSR count). The number of carbonyl (C=O) groups excluding carboxylic acids is 2. The zero-order valence-electron chi connectivity index (χ0n) is 28.8. The van der Waals surface area contributed by atoms with Gasteiger partial charge in [0, 0.05) is 18.3 Å². The fourth-order valence-electron chi connectivity index (χ4n) is 7.22. The van der Waals surface area contributed by atoms with Gasteiger partial charge in [0.25, 0.3) is 0 Å². The van der Waals surface area contributed by atoms with Crippen LogP contribution in [0.3, 0.4) is 0 Å². The van der Waals surface area contributed by atoms with Crippen LogP contribution in [0.4, 0.5) is 0 Å². The van der Waals surface area contributed by atoms with Crippen LogP contribution in [0.1, 0.15) is 119 Å². The number of nitriles is 2. The lowest BCUT2D eigenvalue weighted by Crippen LogP contribution is -2.55. The summed E-state index contributed by atoms with van der Waals surface area (Å²) in [6.45, 7) is 17.6. The molecule has 5 unspecified atom stereocenters. The summed E-state index contributed by atoms with van der Waals surface area (Å²) in [5.74, 6) is -1.94. The van der Waals surface area contributed by atoms with Crippen LogP contribution in [0.25, 0.3) is 0 Å². The maximum Gasteiger partial charge on any atom is 0.312 e. The molecule has 0 aliphatic carbocycles. The van der Waals surface area contributed by atoms with Crippen molar-refractivity contribution in [3.63, 3.8) is 0 Å². The molecule has 0 aliphatic rings. The molecule has 0 aromatic heterocycles. The lowest BCUT2D eigenvalue weighted by atomic mass is 9.46. The first kappa shape index (κ1) is 38.6. The van der Waals surface area contributed by atoms with Crippen LogP contribution in [-0.4, -0.2) is 37.2 Å². The second-order valence-electron chi connectivity index (χ2n) is 14.6. The van der Waals surface area contributed by atoms with Gasteiger partial charge in [-0.05, 0) is 75.2 Å². The Morgan fingerprint density at radius 2 is 1.36 bits per heavy atom. The normalized spacial score (nSPS) is 18.1. The molecule has 1 aromatic carbocycles. The summed E-state index contributed by atoms with van der Waals surface area (Å²) in [7, 11) is 2.69. The number of rotatable bonds is 17. The second-order valence-corrected chi connectivity index (χ2v) is 14.6. The summed E-state index contributed by atoms with van der Waals surface area (Å²) in [5.41, 5.74) is -4.21. The minimum atomic E-state index is -1.18.